The van der Waals surface area contributed by atoms with E-state index in [2.05, 4.69) is 37.9 Å². The predicted octanol–water partition coefficient (Wildman–Crippen LogP) is 1.39. The lowest BCUT2D eigenvalue weighted by molar-refractivity contribution is 0.208. The largest absolute Gasteiger partial charge is 0.329 e. The molecule has 0 aliphatic heterocycles. The first-order valence-electron chi connectivity index (χ1n) is 6.16. The van der Waals surface area contributed by atoms with Crippen LogP contribution < -0.4 is 5.73 Å². The molecular weight excluding hydrogens is 186 g/mol. The molecule has 0 bridgehead atoms. The third-order valence-electron chi connectivity index (χ3n) is 2.94. The summed E-state index contributed by atoms with van der Waals surface area (Å²) in [5.74, 6) is 0. The SMILES string of the molecule is CCCCCC(CN)N(C)CCN(C)C. The summed E-state index contributed by atoms with van der Waals surface area (Å²) in [5.41, 5.74) is 5.81. The predicted molar refractivity (Wildman–Crippen MR) is 68.2 cm³/mol. The maximum Gasteiger partial charge on any atom is 0.0215 e. The second-order valence-electron chi connectivity index (χ2n) is 4.67. The van der Waals surface area contributed by atoms with Crippen molar-refractivity contribution in [3.63, 3.8) is 0 Å². The number of unbranched alkanes of at least 4 members (excludes halogenated alkanes) is 2. The van der Waals surface area contributed by atoms with Gasteiger partial charge in [-0.05, 0) is 27.6 Å². The van der Waals surface area contributed by atoms with E-state index in [0.717, 1.165) is 19.6 Å². The van der Waals surface area contributed by atoms with Gasteiger partial charge >= 0.3 is 0 Å². The maximum atomic E-state index is 5.81. The summed E-state index contributed by atoms with van der Waals surface area (Å²) in [6.45, 7) is 5.25. The number of rotatable bonds is 9. The Kier molecular flexibility index (Phi) is 9.06. The zero-order valence-corrected chi connectivity index (χ0v) is 11.0. The fourth-order valence-electron chi connectivity index (χ4n) is 1.69. The Morgan fingerprint density at radius 2 is 1.73 bits per heavy atom. The summed E-state index contributed by atoms with van der Waals surface area (Å²) in [6, 6.07) is 0.566. The Hall–Kier alpha value is -0.120. The van der Waals surface area contributed by atoms with Gasteiger partial charge in [0, 0.05) is 25.7 Å². The highest BCUT2D eigenvalue weighted by Gasteiger charge is 2.11. The van der Waals surface area contributed by atoms with Crippen molar-refractivity contribution in [2.24, 2.45) is 5.73 Å². The Bertz CT molecular complexity index is 137. The van der Waals surface area contributed by atoms with Gasteiger partial charge in [-0.15, -0.1) is 0 Å². The lowest BCUT2D eigenvalue weighted by Gasteiger charge is -2.28. The molecule has 0 amide bonds. The summed E-state index contributed by atoms with van der Waals surface area (Å²) >= 11 is 0. The van der Waals surface area contributed by atoms with Gasteiger partial charge in [-0.2, -0.15) is 0 Å². The van der Waals surface area contributed by atoms with Gasteiger partial charge in [-0.25, -0.2) is 0 Å². The highest BCUT2D eigenvalue weighted by Crippen LogP contribution is 2.07. The van der Waals surface area contributed by atoms with Crippen molar-refractivity contribution in [1.29, 1.82) is 0 Å². The van der Waals surface area contributed by atoms with Gasteiger partial charge in [-0.3, -0.25) is 0 Å². The van der Waals surface area contributed by atoms with Crippen LogP contribution in [0.5, 0.6) is 0 Å². The summed E-state index contributed by atoms with van der Waals surface area (Å²) in [7, 11) is 6.41. The molecule has 0 aromatic heterocycles. The molecule has 3 nitrogen and oxygen atoms in total. The van der Waals surface area contributed by atoms with Crippen LogP contribution in [0, 0.1) is 0 Å². The molecule has 0 saturated carbocycles. The quantitative estimate of drug-likeness (QED) is 0.590. The van der Waals surface area contributed by atoms with Crippen molar-refractivity contribution in [2.45, 2.75) is 38.6 Å². The topological polar surface area (TPSA) is 32.5 Å². The average molecular weight is 215 g/mol. The fourth-order valence-corrected chi connectivity index (χ4v) is 1.69. The number of nitrogens with zero attached hydrogens (tertiary/aromatic N) is 2. The van der Waals surface area contributed by atoms with E-state index >= 15 is 0 Å². The van der Waals surface area contributed by atoms with Crippen LogP contribution in [0.25, 0.3) is 0 Å². The standard InChI is InChI=1S/C12H29N3/c1-5-6-7-8-12(11-13)15(4)10-9-14(2)3/h12H,5-11,13H2,1-4H3. The Morgan fingerprint density at radius 1 is 1.07 bits per heavy atom. The van der Waals surface area contributed by atoms with Crippen molar-refractivity contribution in [2.75, 3.05) is 40.8 Å². The van der Waals surface area contributed by atoms with E-state index in [1.165, 1.54) is 25.7 Å². The van der Waals surface area contributed by atoms with Gasteiger partial charge in [0.15, 0.2) is 0 Å². The first-order valence-corrected chi connectivity index (χ1v) is 6.16. The van der Waals surface area contributed by atoms with Crippen LogP contribution in [-0.4, -0.2) is 56.6 Å². The van der Waals surface area contributed by atoms with Crippen LogP contribution in [0.4, 0.5) is 0 Å². The lowest BCUT2D eigenvalue weighted by atomic mass is 10.1. The van der Waals surface area contributed by atoms with Gasteiger partial charge in [0.25, 0.3) is 0 Å². The molecule has 15 heavy (non-hydrogen) atoms. The second kappa shape index (κ2) is 9.13. The molecule has 0 radical (unpaired) electrons. The third kappa shape index (κ3) is 7.77. The highest BCUT2D eigenvalue weighted by molar-refractivity contribution is 4.70. The normalized spacial score (nSPS) is 13.8. The summed E-state index contributed by atoms with van der Waals surface area (Å²) in [6.07, 6.45) is 5.18. The van der Waals surface area contributed by atoms with E-state index in [1.54, 1.807) is 0 Å². The van der Waals surface area contributed by atoms with Gasteiger partial charge in [0.1, 0.15) is 0 Å². The summed E-state index contributed by atoms with van der Waals surface area (Å²) in [5, 5.41) is 0. The van der Waals surface area contributed by atoms with E-state index in [0.29, 0.717) is 6.04 Å². The fraction of sp³-hybridized carbons (Fsp3) is 1.00. The highest BCUT2D eigenvalue weighted by atomic mass is 15.2. The van der Waals surface area contributed by atoms with Crippen LogP contribution >= 0.6 is 0 Å². The molecule has 0 heterocycles. The van der Waals surface area contributed by atoms with Crippen LogP contribution in [0.3, 0.4) is 0 Å². The van der Waals surface area contributed by atoms with Gasteiger partial charge < -0.3 is 15.5 Å². The minimum absolute atomic E-state index is 0.566. The molecule has 0 saturated heterocycles. The first-order chi connectivity index (χ1) is 7.11. The van der Waals surface area contributed by atoms with Crippen LogP contribution in [0.2, 0.25) is 0 Å². The Balaban J connectivity index is 3.72. The van der Waals surface area contributed by atoms with Crippen molar-refractivity contribution in [1.82, 2.24) is 9.80 Å². The second-order valence-corrected chi connectivity index (χ2v) is 4.67. The van der Waals surface area contributed by atoms with Crippen LogP contribution in [-0.2, 0) is 0 Å². The zero-order valence-electron chi connectivity index (χ0n) is 11.0. The third-order valence-corrected chi connectivity index (χ3v) is 2.94. The molecule has 92 valence electrons. The average Bonchev–Trinajstić information content (AvgIpc) is 2.21. The number of hydrogen-bond acceptors (Lipinski definition) is 3. The molecule has 1 atom stereocenters. The Morgan fingerprint density at radius 3 is 2.20 bits per heavy atom. The summed E-state index contributed by atoms with van der Waals surface area (Å²) in [4.78, 5) is 4.62. The number of hydrogen-bond donors (Lipinski definition) is 1. The van der Waals surface area contributed by atoms with Crippen LogP contribution in [0.1, 0.15) is 32.6 Å². The van der Waals surface area contributed by atoms with E-state index in [-0.39, 0.29) is 0 Å². The van der Waals surface area contributed by atoms with E-state index in [9.17, 15) is 0 Å². The minimum Gasteiger partial charge on any atom is -0.329 e. The summed E-state index contributed by atoms with van der Waals surface area (Å²) < 4.78 is 0. The monoisotopic (exact) mass is 215 g/mol. The molecular formula is C12H29N3. The van der Waals surface area contributed by atoms with Crippen molar-refractivity contribution in [3.05, 3.63) is 0 Å². The molecule has 0 aliphatic carbocycles. The molecule has 0 aromatic carbocycles. The molecule has 0 aromatic rings. The molecule has 3 heteroatoms. The molecule has 0 spiro atoms. The van der Waals surface area contributed by atoms with E-state index in [4.69, 9.17) is 5.73 Å². The molecule has 0 fully saturated rings. The lowest BCUT2D eigenvalue weighted by Crippen LogP contribution is -2.41. The maximum absolute atomic E-state index is 5.81. The smallest absolute Gasteiger partial charge is 0.0215 e. The minimum atomic E-state index is 0.566. The van der Waals surface area contributed by atoms with E-state index < -0.39 is 0 Å². The van der Waals surface area contributed by atoms with E-state index in [1.807, 2.05) is 0 Å². The van der Waals surface area contributed by atoms with Crippen molar-refractivity contribution in [3.8, 4) is 0 Å². The molecule has 0 rings (SSSR count). The number of likely N-dealkylation sites (N-methyl/N-ethyl adjacent to an activating group) is 2. The van der Waals surface area contributed by atoms with Crippen LogP contribution in [0.15, 0.2) is 0 Å². The van der Waals surface area contributed by atoms with Crippen molar-refractivity contribution < 1.29 is 0 Å². The number of nitrogens with two attached hydrogens (primary N) is 1. The first kappa shape index (κ1) is 14.9. The molecule has 2 N–H and O–H groups in total. The van der Waals surface area contributed by atoms with Crippen molar-refractivity contribution >= 4 is 0 Å². The molecule has 1 unspecified atom stereocenters. The Labute approximate surface area is 95.6 Å². The zero-order chi connectivity index (χ0) is 11.7. The van der Waals surface area contributed by atoms with Gasteiger partial charge in [0.05, 0.1) is 0 Å². The molecule has 0 aliphatic rings. The van der Waals surface area contributed by atoms with Gasteiger partial charge in [-0.1, -0.05) is 26.2 Å². The van der Waals surface area contributed by atoms with Gasteiger partial charge in [0.2, 0.25) is 0 Å².